The molecule has 3 heteroatoms. The largest absolute Gasteiger partial charge is 0.172 e. The molecule has 0 aliphatic carbocycles. The van der Waals surface area contributed by atoms with Crippen molar-refractivity contribution in [1.82, 2.24) is 0 Å². The molecule has 0 atom stereocenters. The van der Waals surface area contributed by atoms with Gasteiger partial charge in [0, 0.05) is 0 Å². The molecule has 0 bridgehead atoms. The van der Waals surface area contributed by atoms with Crippen LogP contribution in [0.3, 0.4) is 0 Å². The second-order valence-corrected chi connectivity index (χ2v) is 2.90. The summed E-state index contributed by atoms with van der Waals surface area (Å²) in [4.78, 5) is 10.0. The van der Waals surface area contributed by atoms with Crippen molar-refractivity contribution in [2.24, 2.45) is 5.18 Å². The normalized spacial score (nSPS) is 11.0. The Morgan fingerprint density at radius 2 is 1.75 bits per heavy atom. The maximum absolute atomic E-state index is 10.0. The van der Waals surface area contributed by atoms with E-state index in [2.05, 4.69) is 5.18 Å². The van der Waals surface area contributed by atoms with Crippen molar-refractivity contribution in [3.63, 3.8) is 0 Å². The molecule has 0 unspecified atom stereocenters. The molecule has 0 aliphatic heterocycles. The fraction of sp³-hybridized carbons (Fsp3) is 1.00. The third-order valence-electron chi connectivity index (χ3n) is 1.65. The highest BCUT2D eigenvalue weighted by atomic mass is 16.3. The topological polar surface area (TPSA) is 29.4 Å². The van der Waals surface area contributed by atoms with Gasteiger partial charge < -0.3 is 0 Å². The molecule has 0 aromatic carbocycles. The van der Waals surface area contributed by atoms with Crippen molar-refractivity contribution in [1.29, 1.82) is 0 Å². The quantitative estimate of drug-likeness (QED) is 0.396. The Bertz CT molecular complexity index is 90.4. The molecule has 2 nitrogen and oxygen atoms in total. The van der Waals surface area contributed by atoms with Gasteiger partial charge in [0.2, 0.25) is 0 Å². The molecule has 0 saturated heterocycles. The van der Waals surface area contributed by atoms with Crippen LogP contribution in [0, 0.1) is 4.91 Å². The number of nitrogens with zero attached hydrogens (tertiary/aromatic N) is 1. The van der Waals surface area contributed by atoms with Gasteiger partial charge in [0.05, 0.1) is 5.44 Å². The molecular weight excluding hydrogens is 101 g/mol. The van der Waals surface area contributed by atoms with Crippen LogP contribution in [0.4, 0.5) is 0 Å². The third-order valence-corrected chi connectivity index (χ3v) is 1.65. The first-order valence-electron chi connectivity index (χ1n) is 2.85. The molecule has 0 heterocycles. The zero-order chi connectivity index (χ0) is 6.78. The fourth-order valence-electron chi connectivity index (χ4n) is 0.105. The van der Waals surface area contributed by atoms with Gasteiger partial charge in [-0.15, -0.1) is 0 Å². The van der Waals surface area contributed by atoms with Crippen molar-refractivity contribution in [3.8, 4) is 0 Å². The number of hydrogen-bond acceptors (Lipinski definition) is 2. The molecule has 0 spiro atoms. The monoisotopic (exact) mass is 113 g/mol. The smallest absolute Gasteiger partial charge is 0.151 e. The summed E-state index contributed by atoms with van der Waals surface area (Å²) in [5, 5.41) is 2.97. The summed E-state index contributed by atoms with van der Waals surface area (Å²) in [5.74, 6) is 0. The van der Waals surface area contributed by atoms with Gasteiger partial charge in [-0.3, -0.25) is 0 Å². The van der Waals surface area contributed by atoms with Crippen LogP contribution >= 0.6 is 0 Å². The highest BCUT2D eigenvalue weighted by molar-refractivity contribution is 6.59. The van der Waals surface area contributed by atoms with E-state index in [-0.39, 0.29) is 5.44 Å². The van der Waals surface area contributed by atoms with Crippen molar-refractivity contribution >= 4 is 6.71 Å². The average molecular weight is 113 g/mol. The Hall–Kier alpha value is -0.335. The van der Waals surface area contributed by atoms with Gasteiger partial charge in [-0.05, 0) is 13.8 Å². The van der Waals surface area contributed by atoms with E-state index in [4.69, 9.17) is 0 Å². The Morgan fingerprint density at radius 3 is 1.75 bits per heavy atom. The zero-order valence-electron chi connectivity index (χ0n) is 5.93. The Morgan fingerprint density at radius 1 is 1.38 bits per heavy atom. The summed E-state index contributed by atoms with van der Waals surface area (Å²) in [6, 6.07) is 0. The molecule has 0 amide bonds. The molecule has 0 aromatic rings. The van der Waals surface area contributed by atoms with E-state index < -0.39 is 0 Å². The molecule has 0 N–H and O–H groups in total. The summed E-state index contributed by atoms with van der Waals surface area (Å²) in [7, 11) is 0. The lowest BCUT2D eigenvalue weighted by Crippen LogP contribution is -2.32. The molecule has 0 saturated carbocycles. The third kappa shape index (κ3) is 1.64. The lowest BCUT2D eigenvalue weighted by atomic mass is 9.42. The van der Waals surface area contributed by atoms with Gasteiger partial charge in [0.1, 0.15) is 0 Å². The van der Waals surface area contributed by atoms with Gasteiger partial charge in [-0.25, -0.2) is 0 Å². The van der Waals surface area contributed by atoms with Crippen LogP contribution in [-0.4, -0.2) is 12.2 Å². The van der Waals surface area contributed by atoms with E-state index in [9.17, 15) is 4.91 Å². The van der Waals surface area contributed by atoms with Crippen molar-refractivity contribution in [2.45, 2.75) is 32.9 Å². The molecule has 0 aliphatic rings. The number of nitroso groups, excluding NO2 is 1. The first-order valence-corrected chi connectivity index (χ1v) is 2.85. The number of hydrogen-bond donors (Lipinski definition) is 0. The van der Waals surface area contributed by atoms with Crippen LogP contribution in [0.5, 0.6) is 0 Å². The molecule has 0 fully saturated rings. The van der Waals surface area contributed by atoms with E-state index >= 15 is 0 Å². The number of rotatable bonds is 2. The van der Waals surface area contributed by atoms with Crippen molar-refractivity contribution in [2.75, 3.05) is 0 Å². The minimum absolute atomic E-state index is 0.333. The molecular formula is C5H12BNO. The first-order chi connectivity index (χ1) is 3.50. The van der Waals surface area contributed by atoms with Gasteiger partial charge in [0.15, 0.2) is 6.71 Å². The second-order valence-electron chi connectivity index (χ2n) is 2.90. The Labute approximate surface area is 50.7 Å². The van der Waals surface area contributed by atoms with Gasteiger partial charge in [-0.1, -0.05) is 18.8 Å². The van der Waals surface area contributed by atoms with E-state index in [1.54, 1.807) is 0 Å². The lowest BCUT2D eigenvalue weighted by molar-refractivity contribution is 0.713. The molecule has 0 radical (unpaired) electrons. The molecule has 46 valence electrons. The first kappa shape index (κ1) is 7.66. The minimum atomic E-state index is -0.389. The van der Waals surface area contributed by atoms with Gasteiger partial charge in [0.25, 0.3) is 0 Å². The van der Waals surface area contributed by atoms with Crippen molar-refractivity contribution < 1.29 is 0 Å². The Balaban J connectivity index is 3.90. The van der Waals surface area contributed by atoms with E-state index in [0.29, 0.717) is 6.71 Å². The second kappa shape index (κ2) is 2.29. The average Bonchev–Trinajstić information content (AvgIpc) is 1.67. The summed E-state index contributed by atoms with van der Waals surface area (Å²) < 4.78 is 0. The molecule has 0 rings (SSSR count). The SMILES string of the molecule is CB(C)C(C)(C)N=O. The fourth-order valence-corrected chi connectivity index (χ4v) is 0.105. The highest BCUT2D eigenvalue weighted by Gasteiger charge is 2.25. The highest BCUT2D eigenvalue weighted by Crippen LogP contribution is 2.11. The minimum Gasteiger partial charge on any atom is -0.151 e. The van der Waals surface area contributed by atoms with Crippen LogP contribution in [0.25, 0.3) is 0 Å². The van der Waals surface area contributed by atoms with E-state index in [1.807, 2.05) is 27.5 Å². The maximum atomic E-state index is 10.0. The zero-order valence-corrected chi connectivity index (χ0v) is 5.93. The summed E-state index contributed by atoms with van der Waals surface area (Å²) in [6.07, 6.45) is 0. The molecule has 8 heavy (non-hydrogen) atoms. The predicted octanol–water partition coefficient (Wildman–Crippen LogP) is 1.82. The van der Waals surface area contributed by atoms with Gasteiger partial charge >= 0.3 is 0 Å². The van der Waals surface area contributed by atoms with E-state index in [0.717, 1.165) is 0 Å². The maximum Gasteiger partial charge on any atom is 0.172 e. The summed E-state index contributed by atoms with van der Waals surface area (Å²) in [5.41, 5.74) is -0.389. The van der Waals surface area contributed by atoms with Crippen LogP contribution in [0.1, 0.15) is 13.8 Å². The summed E-state index contributed by atoms with van der Waals surface area (Å²) in [6.45, 7) is 7.98. The molecule has 0 aromatic heterocycles. The van der Waals surface area contributed by atoms with Crippen molar-refractivity contribution in [3.05, 3.63) is 4.91 Å². The Kier molecular flexibility index (Phi) is 2.19. The van der Waals surface area contributed by atoms with Crippen LogP contribution in [0.15, 0.2) is 5.18 Å². The van der Waals surface area contributed by atoms with Crippen LogP contribution in [-0.2, 0) is 0 Å². The predicted molar refractivity (Wildman–Crippen MR) is 37.4 cm³/mol. The summed E-state index contributed by atoms with van der Waals surface area (Å²) >= 11 is 0. The standard InChI is InChI=1S/C5H12BNO/c1-5(2,7-8)6(3)4/h1-4H3. The van der Waals surface area contributed by atoms with Crippen LogP contribution in [0.2, 0.25) is 13.6 Å². The van der Waals surface area contributed by atoms with Gasteiger partial charge in [-0.2, -0.15) is 4.91 Å². The van der Waals surface area contributed by atoms with Crippen LogP contribution < -0.4 is 0 Å². The lowest BCUT2D eigenvalue weighted by Gasteiger charge is -2.15. The van der Waals surface area contributed by atoms with E-state index in [1.165, 1.54) is 0 Å².